The molecule has 6 heteroatoms. The van der Waals surface area contributed by atoms with E-state index in [9.17, 15) is 9.18 Å². The number of nitrogens with zero attached hydrogens (tertiary/aromatic N) is 2. The topological polar surface area (TPSA) is 61.0 Å². The Morgan fingerprint density at radius 2 is 1.96 bits per heavy atom. The van der Waals surface area contributed by atoms with Gasteiger partial charge in [-0.1, -0.05) is 25.1 Å². The standard InChI is InChI=1S/C22H27FN4O/c1-15(17-5-7-19(23)8-6-17)10-22(28)24-14-20(27(2)3)12-16-4-9-21-18(11-16)13-25-26-21/h4-9,11,13,15,20H,10,12,14H2,1-3H3,(H,24,28)(H,25,26)/t15-,20-/m0/s1. The van der Waals surface area contributed by atoms with E-state index in [1.807, 2.05) is 33.3 Å². The van der Waals surface area contributed by atoms with E-state index < -0.39 is 0 Å². The zero-order valence-electron chi connectivity index (χ0n) is 16.6. The summed E-state index contributed by atoms with van der Waals surface area (Å²) in [5.41, 5.74) is 3.20. The van der Waals surface area contributed by atoms with Crippen LogP contribution in [-0.4, -0.2) is 47.7 Å². The molecule has 0 bridgehead atoms. The van der Waals surface area contributed by atoms with Crippen LogP contribution in [0.25, 0.3) is 10.9 Å². The van der Waals surface area contributed by atoms with Crippen LogP contribution in [0.15, 0.2) is 48.7 Å². The second-order valence-electron chi connectivity index (χ2n) is 7.57. The molecule has 1 amide bonds. The minimum absolute atomic E-state index is 0.00830. The first-order valence-electron chi connectivity index (χ1n) is 9.53. The van der Waals surface area contributed by atoms with Gasteiger partial charge in [-0.2, -0.15) is 5.10 Å². The van der Waals surface area contributed by atoms with Crippen molar-refractivity contribution >= 4 is 16.8 Å². The fourth-order valence-corrected chi connectivity index (χ4v) is 3.32. The molecule has 1 heterocycles. The summed E-state index contributed by atoms with van der Waals surface area (Å²) in [6.07, 6.45) is 3.04. The molecular weight excluding hydrogens is 355 g/mol. The summed E-state index contributed by atoms with van der Waals surface area (Å²) in [5.74, 6) is -0.210. The molecule has 0 fully saturated rings. The van der Waals surface area contributed by atoms with Gasteiger partial charge in [-0.15, -0.1) is 0 Å². The Balaban J connectivity index is 1.55. The van der Waals surface area contributed by atoms with Crippen molar-refractivity contribution in [1.82, 2.24) is 20.4 Å². The molecule has 0 aliphatic carbocycles. The molecule has 0 aliphatic heterocycles. The monoisotopic (exact) mass is 382 g/mol. The molecule has 0 aliphatic rings. The Morgan fingerprint density at radius 1 is 1.21 bits per heavy atom. The van der Waals surface area contributed by atoms with Gasteiger partial charge in [0.1, 0.15) is 5.82 Å². The quantitative estimate of drug-likeness (QED) is 0.627. The molecule has 0 saturated heterocycles. The van der Waals surface area contributed by atoms with Crippen molar-refractivity contribution in [2.24, 2.45) is 0 Å². The number of hydrogen-bond donors (Lipinski definition) is 2. The van der Waals surface area contributed by atoms with Crippen molar-refractivity contribution in [3.63, 3.8) is 0 Å². The number of likely N-dealkylation sites (N-methyl/N-ethyl adjacent to an activating group) is 1. The van der Waals surface area contributed by atoms with E-state index in [1.54, 1.807) is 12.1 Å². The largest absolute Gasteiger partial charge is 0.355 e. The van der Waals surface area contributed by atoms with Crippen LogP contribution < -0.4 is 5.32 Å². The third kappa shape index (κ3) is 5.16. The Labute approximate surface area is 164 Å². The van der Waals surface area contributed by atoms with Gasteiger partial charge in [-0.3, -0.25) is 9.89 Å². The first kappa shape index (κ1) is 20.0. The van der Waals surface area contributed by atoms with Gasteiger partial charge in [0.05, 0.1) is 11.7 Å². The highest BCUT2D eigenvalue weighted by molar-refractivity contribution is 5.78. The minimum Gasteiger partial charge on any atom is -0.355 e. The van der Waals surface area contributed by atoms with Crippen LogP contribution in [0.2, 0.25) is 0 Å². The Bertz CT molecular complexity index is 920. The van der Waals surface area contributed by atoms with Crippen LogP contribution >= 0.6 is 0 Å². The zero-order valence-corrected chi connectivity index (χ0v) is 16.6. The Morgan fingerprint density at radius 3 is 2.68 bits per heavy atom. The molecule has 0 saturated carbocycles. The van der Waals surface area contributed by atoms with E-state index in [0.29, 0.717) is 13.0 Å². The lowest BCUT2D eigenvalue weighted by molar-refractivity contribution is -0.121. The number of carbonyl (C=O) groups is 1. The van der Waals surface area contributed by atoms with E-state index in [2.05, 4.69) is 32.5 Å². The van der Waals surface area contributed by atoms with Crippen molar-refractivity contribution in [2.75, 3.05) is 20.6 Å². The molecule has 0 unspecified atom stereocenters. The lowest BCUT2D eigenvalue weighted by atomic mass is 9.97. The number of fused-ring (bicyclic) bond motifs is 1. The van der Waals surface area contributed by atoms with Crippen LogP contribution in [0.1, 0.15) is 30.4 Å². The normalized spacial score (nSPS) is 13.6. The van der Waals surface area contributed by atoms with Crippen LogP contribution in [-0.2, 0) is 11.2 Å². The second-order valence-corrected chi connectivity index (χ2v) is 7.57. The minimum atomic E-state index is -0.261. The van der Waals surface area contributed by atoms with E-state index in [0.717, 1.165) is 22.9 Å². The molecule has 0 radical (unpaired) electrons. The number of hydrogen-bond acceptors (Lipinski definition) is 3. The SMILES string of the molecule is C[C@@H](CC(=O)NC[C@H](Cc1ccc2[nH]ncc2c1)N(C)C)c1ccc(F)cc1. The predicted octanol–water partition coefficient (Wildman–Crippen LogP) is 3.48. The molecule has 3 aromatic rings. The maximum atomic E-state index is 13.1. The van der Waals surface area contributed by atoms with Gasteiger partial charge >= 0.3 is 0 Å². The summed E-state index contributed by atoms with van der Waals surface area (Å²) >= 11 is 0. The van der Waals surface area contributed by atoms with E-state index in [4.69, 9.17) is 0 Å². The number of nitrogens with one attached hydrogen (secondary N) is 2. The van der Waals surface area contributed by atoms with Gasteiger partial charge in [0.2, 0.25) is 5.91 Å². The third-order valence-corrected chi connectivity index (χ3v) is 5.17. The van der Waals surface area contributed by atoms with E-state index in [-0.39, 0.29) is 23.7 Å². The van der Waals surface area contributed by atoms with Gasteiger partial charge in [0.25, 0.3) is 0 Å². The van der Waals surface area contributed by atoms with Crippen molar-refractivity contribution < 1.29 is 9.18 Å². The fourth-order valence-electron chi connectivity index (χ4n) is 3.32. The second kappa shape index (κ2) is 8.97. The average molecular weight is 382 g/mol. The summed E-state index contributed by atoms with van der Waals surface area (Å²) in [7, 11) is 4.04. The van der Waals surface area contributed by atoms with Gasteiger partial charge in [0, 0.05) is 24.4 Å². The van der Waals surface area contributed by atoms with Gasteiger partial charge in [-0.05, 0) is 61.8 Å². The average Bonchev–Trinajstić information content (AvgIpc) is 3.13. The first-order chi connectivity index (χ1) is 13.4. The summed E-state index contributed by atoms with van der Waals surface area (Å²) in [4.78, 5) is 14.5. The van der Waals surface area contributed by atoms with Crippen LogP contribution in [0, 0.1) is 5.82 Å². The molecule has 2 atom stereocenters. The van der Waals surface area contributed by atoms with Crippen LogP contribution in [0.4, 0.5) is 4.39 Å². The lowest BCUT2D eigenvalue weighted by Gasteiger charge is -2.25. The third-order valence-electron chi connectivity index (χ3n) is 5.17. The number of amides is 1. The first-order valence-corrected chi connectivity index (χ1v) is 9.53. The molecular formula is C22H27FN4O. The lowest BCUT2D eigenvalue weighted by Crippen LogP contribution is -2.41. The number of rotatable bonds is 8. The predicted molar refractivity (Wildman–Crippen MR) is 110 cm³/mol. The molecule has 1 aromatic heterocycles. The van der Waals surface area contributed by atoms with Crippen molar-refractivity contribution in [3.05, 3.63) is 65.6 Å². The van der Waals surface area contributed by atoms with Crippen molar-refractivity contribution in [3.8, 4) is 0 Å². The van der Waals surface area contributed by atoms with Gasteiger partial charge < -0.3 is 10.2 Å². The summed E-state index contributed by atoms with van der Waals surface area (Å²) in [6, 6.07) is 12.8. The highest BCUT2D eigenvalue weighted by atomic mass is 19.1. The Kier molecular flexibility index (Phi) is 6.41. The zero-order chi connectivity index (χ0) is 20.1. The van der Waals surface area contributed by atoms with E-state index >= 15 is 0 Å². The number of halogens is 1. The number of benzene rings is 2. The Hall–Kier alpha value is -2.73. The highest BCUT2D eigenvalue weighted by Gasteiger charge is 2.16. The number of aromatic amines is 1. The maximum absolute atomic E-state index is 13.1. The number of carbonyl (C=O) groups excluding carboxylic acids is 1. The smallest absolute Gasteiger partial charge is 0.220 e. The molecule has 0 spiro atoms. The molecule has 2 aromatic carbocycles. The summed E-state index contributed by atoms with van der Waals surface area (Å²) in [5, 5.41) is 11.2. The molecule has 148 valence electrons. The van der Waals surface area contributed by atoms with Gasteiger partial charge in [0.15, 0.2) is 0 Å². The van der Waals surface area contributed by atoms with Crippen molar-refractivity contribution in [2.45, 2.75) is 31.7 Å². The van der Waals surface area contributed by atoms with Crippen LogP contribution in [0.3, 0.4) is 0 Å². The number of H-pyrrole nitrogens is 1. The maximum Gasteiger partial charge on any atom is 0.220 e. The van der Waals surface area contributed by atoms with E-state index in [1.165, 1.54) is 17.7 Å². The van der Waals surface area contributed by atoms with Crippen molar-refractivity contribution in [1.29, 1.82) is 0 Å². The number of aromatic nitrogens is 2. The van der Waals surface area contributed by atoms with Crippen LogP contribution in [0.5, 0.6) is 0 Å². The molecule has 5 nitrogen and oxygen atoms in total. The molecule has 2 N–H and O–H groups in total. The fraction of sp³-hybridized carbons (Fsp3) is 0.364. The summed E-state index contributed by atoms with van der Waals surface area (Å²) < 4.78 is 13.1. The highest BCUT2D eigenvalue weighted by Crippen LogP contribution is 2.19. The van der Waals surface area contributed by atoms with Gasteiger partial charge in [-0.25, -0.2) is 4.39 Å². The molecule has 3 rings (SSSR count). The molecule has 28 heavy (non-hydrogen) atoms. The summed E-state index contributed by atoms with van der Waals surface area (Å²) in [6.45, 7) is 2.56.